The lowest BCUT2D eigenvalue weighted by Crippen LogP contribution is -2.29. The summed E-state index contributed by atoms with van der Waals surface area (Å²) in [6.07, 6.45) is 2.64. The summed E-state index contributed by atoms with van der Waals surface area (Å²) in [6.45, 7) is 3.55. The van der Waals surface area contributed by atoms with E-state index in [1.54, 1.807) is 6.92 Å². The molecule has 18 heavy (non-hydrogen) atoms. The van der Waals surface area contributed by atoms with E-state index in [0.717, 1.165) is 5.56 Å². The van der Waals surface area contributed by atoms with Crippen molar-refractivity contribution in [3.8, 4) is 0 Å². The molecule has 2 rings (SSSR count). The first-order chi connectivity index (χ1) is 8.56. The second-order valence-corrected chi connectivity index (χ2v) is 4.17. The van der Waals surface area contributed by atoms with Gasteiger partial charge in [0.2, 0.25) is 0 Å². The number of aryl methyl sites for hydroxylation is 1. The van der Waals surface area contributed by atoms with Gasteiger partial charge in [-0.15, -0.1) is 0 Å². The van der Waals surface area contributed by atoms with E-state index in [0.29, 0.717) is 11.4 Å². The normalized spacial score (nSPS) is 19.9. The van der Waals surface area contributed by atoms with Gasteiger partial charge < -0.3 is 4.74 Å². The van der Waals surface area contributed by atoms with Crippen LogP contribution < -0.4 is 0 Å². The molecular formula is C14H13NO3. The Kier molecular flexibility index (Phi) is 3.37. The van der Waals surface area contributed by atoms with Crippen molar-refractivity contribution in [3.63, 3.8) is 0 Å². The molecule has 0 aromatic heterocycles. The molecule has 1 aromatic rings. The molecule has 1 aliphatic heterocycles. The number of carbonyl (C=O) groups excluding carboxylic acids is 2. The van der Waals surface area contributed by atoms with E-state index in [9.17, 15) is 9.59 Å². The van der Waals surface area contributed by atoms with Crippen LogP contribution in [0.2, 0.25) is 0 Å². The molecule has 0 saturated carbocycles. The van der Waals surface area contributed by atoms with E-state index in [4.69, 9.17) is 4.74 Å². The Hall–Kier alpha value is -2.23. The molecule has 4 nitrogen and oxygen atoms in total. The third-order valence-corrected chi connectivity index (χ3v) is 2.57. The van der Waals surface area contributed by atoms with Gasteiger partial charge in [0.15, 0.2) is 11.7 Å². The highest BCUT2D eigenvalue weighted by Crippen LogP contribution is 2.16. The SMILES string of the molecule is CC1=CC(=O)C(C=Nc2ccc(C)cc2)C(=O)O1. The number of hydrogen-bond acceptors (Lipinski definition) is 4. The number of hydrogen-bond donors (Lipinski definition) is 0. The Labute approximate surface area is 105 Å². The summed E-state index contributed by atoms with van der Waals surface area (Å²) in [5.74, 6) is -1.48. The fraction of sp³-hybridized carbons (Fsp3) is 0.214. The van der Waals surface area contributed by atoms with Crippen molar-refractivity contribution in [3.05, 3.63) is 41.7 Å². The summed E-state index contributed by atoms with van der Waals surface area (Å²) in [4.78, 5) is 27.3. The number of rotatable bonds is 2. The lowest BCUT2D eigenvalue weighted by molar-refractivity contribution is -0.145. The predicted molar refractivity (Wildman–Crippen MR) is 67.7 cm³/mol. The molecule has 4 heteroatoms. The second kappa shape index (κ2) is 4.96. The smallest absolute Gasteiger partial charge is 0.327 e. The maximum Gasteiger partial charge on any atom is 0.327 e. The predicted octanol–water partition coefficient (Wildman–Crippen LogP) is 2.34. The number of esters is 1. The maximum absolute atomic E-state index is 11.6. The highest BCUT2D eigenvalue weighted by molar-refractivity contribution is 6.17. The van der Waals surface area contributed by atoms with Crippen LogP contribution in [-0.4, -0.2) is 18.0 Å². The van der Waals surface area contributed by atoms with Crippen molar-refractivity contribution in [2.75, 3.05) is 0 Å². The van der Waals surface area contributed by atoms with Crippen LogP contribution in [0.3, 0.4) is 0 Å². The Morgan fingerprint density at radius 2 is 1.83 bits per heavy atom. The molecule has 0 fully saturated rings. The molecule has 1 aromatic carbocycles. The lowest BCUT2D eigenvalue weighted by atomic mass is 10.0. The average Bonchev–Trinajstić information content (AvgIpc) is 2.30. The van der Waals surface area contributed by atoms with Gasteiger partial charge in [-0.3, -0.25) is 14.6 Å². The van der Waals surface area contributed by atoms with Crippen LogP contribution in [0.15, 0.2) is 41.1 Å². The first-order valence-corrected chi connectivity index (χ1v) is 5.61. The number of cyclic esters (lactones) is 1. The van der Waals surface area contributed by atoms with Gasteiger partial charge in [0.25, 0.3) is 0 Å². The Morgan fingerprint density at radius 1 is 1.17 bits per heavy atom. The van der Waals surface area contributed by atoms with Crippen molar-refractivity contribution < 1.29 is 14.3 Å². The molecule has 92 valence electrons. The minimum Gasteiger partial charge on any atom is -0.430 e. The number of benzene rings is 1. The number of carbonyl (C=O) groups is 2. The van der Waals surface area contributed by atoms with Gasteiger partial charge >= 0.3 is 5.97 Å². The number of ketones is 1. The first-order valence-electron chi connectivity index (χ1n) is 5.61. The summed E-state index contributed by atoms with van der Waals surface area (Å²) < 4.78 is 4.89. The zero-order valence-corrected chi connectivity index (χ0v) is 10.2. The molecule has 1 heterocycles. The van der Waals surface area contributed by atoms with E-state index in [1.165, 1.54) is 12.3 Å². The average molecular weight is 243 g/mol. The van der Waals surface area contributed by atoms with Crippen LogP contribution in [0.4, 0.5) is 5.69 Å². The van der Waals surface area contributed by atoms with Crippen molar-refractivity contribution in [1.29, 1.82) is 0 Å². The highest BCUT2D eigenvalue weighted by atomic mass is 16.5. The van der Waals surface area contributed by atoms with Crippen LogP contribution in [0.1, 0.15) is 12.5 Å². The Balaban J connectivity index is 2.16. The molecule has 0 spiro atoms. The molecule has 0 radical (unpaired) electrons. The van der Waals surface area contributed by atoms with Crippen molar-refractivity contribution in [1.82, 2.24) is 0 Å². The van der Waals surface area contributed by atoms with E-state index in [1.807, 2.05) is 31.2 Å². The second-order valence-electron chi connectivity index (χ2n) is 4.17. The van der Waals surface area contributed by atoms with Gasteiger partial charge in [-0.1, -0.05) is 17.7 Å². The topological polar surface area (TPSA) is 55.7 Å². The Bertz CT molecular complexity index is 541. The third-order valence-electron chi connectivity index (χ3n) is 2.57. The molecular weight excluding hydrogens is 230 g/mol. The van der Waals surface area contributed by atoms with E-state index < -0.39 is 11.9 Å². The zero-order valence-electron chi connectivity index (χ0n) is 10.2. The van der Waals surface area contributed by atoms with Crippen LogP contribution in [0.25, 0.3) is 0 Å². The summed E-state index contributed by atoms with van der Waals surface area (Å²) in [6, 6.07) is 7.48. The fourth-order valence-corrected chi connectivity index (χ4v) is 1.58. The van der Waals surface area contributed by atoms with Crippen LogP contribution >= 0.6 is 0 Å². The first kappa shape index (κ1) is 12.2. The summed E-state index contributed by atoms with van der Waals surface area (Å²) in [5.41, 5.74) is 1.83. The Morgan fingerprint density at radius 3 is 2.44 bits per heavy atom. The fourth-order valence-electron chi connectivity index (χ4n) is 1.58. The quantitative estimate of drug-likeness (QED) is 0.455. The number of aliphatic imine (C=N–C) groups is 1. The van der Waals surface area contributed by atoms with Gasteiger partial charge in [0.1, 0.15) is 5.76 Å². The minimum absolute atomic E-state index is 0.292. The summed E-state index contributed by atoms with van der Waals surface area (Å²) in [5, 5.41) is 0. The van der Waals surface area contributed by atoms with Gasteiger partial charge in [-0.2, -0.15) is 0 Å². The molecule has 0 N–H and O–H groups in total. The largest absolute Gasteiger partial charge is 0.430 e. The van der Waals surface area contributed by atoms with E-state index >= 15 is 0 Å². The summed E-state index contributed by atoms with van der Waals surface area (Å²) in [7, 11) is 0. The molecule has 1 unspecified atom stereocenters. The van der Waals surface area contributed by atoms with Crippen molar-refractivity contribution in [2.45, 2.75) is 13.8 Å². The molecule has 0 saturated heterocycles. The molecule has 1 atom stereocenters. The van der Waals surface area contributed by atoms with E-state index in [-0.39, 0.29) is 5.78 Å². The van der Waals surface area contributed by atoms with Crippen LogP contribution in [-0.2, 0) is 14.3 Å². The summed E-state index contributed by atoms with van der Waals surface area (Å²) >= 11 is 0. The maximum atomic E-state index is 11.6. The van der Waals surface area contributed by atoms with Crippen molar-refractivity contribution >= 4 is 23.7 Å². The highest BCUT2D eigenvalue weighted by Gasteiger charge is 2.29. The van der Waals surface area contributed by atoms with E-state index in [2.05, 4.69) is 4.99 Å². The van der Waals surface area contributed by atoms with Gasteiger partial charge in [0, 0.05) is 12.3 Å². The third kappa shape index (κ3) is 2.71. The monoisotopic (exact) mass is 243 g/mol. The zero-order chi connectivity index (χ0) is 13.1. The van der Waals surface area contributed by atoms with Crippen LogP contribution in [0, 0.1) is 12.8 Å². The van der Waals surface area contributed by atoms with Crippen LogP contribution in [0.5, 0.6) is 0 Å². The van der Waals surface area contributed by atoms with Gasteiger partial charge in [-0.05, 0) is 26.0 Å². The molecule has 0 amide bonds. The molecule has 0 bridgehead atoms. The number of ether oxygens (including phenoxy) is 1. The minimum atomic E-state index is -0.935. The number of allylic oxidation sites excluding steroid dienone is 2. The molecule has 1 aliphatic rings. The standard InChI is InChI=1S/C14H13NO3/c1-9-3-5-11(6-4-9)15-8-12-13(16)7-10(2)18-14(12)17/h3-8,12H,1-2H3. The number of nitrogens with zero attached hydrogens (tertiary/aromatic N) is 1. The molecule has 0 aliphatic carbocycles. The lowest BCUT2D eigenvalue weighted by Gasteiger charge is -2.14. The van der Waals surface area contributed by atoms with Gasteiger partial charge in [0.05, 0.1) is 5.69 Å². The van der Waals surface area contributed by atoms with Crippen molar-refractivity contribution in [2.24, 2.45) is 10.9 Å². The van der Waals surface area contributed by atoms with Gasteiger partial charge in [-0.25, -0.2) is 0 Å².